The van der Waals surface area contributed by atoms with Gasteiger partial charge in [-0.05, 0) is 51.2 Å². The van der Waals surface area contributed by atoms with Gasteiger partial charge in [-0.15, -0.1) is 0 Å². The number of aromatic nitrogens is 4. The summed E-state index contributed by atoms with van der Waals surface area (Å²) >= 11 is 0. The molecule has 1 amide bonds. The molecule has 7 heteroatoms. The van der Waals surface area contributed by atoms with E-state index >= 15 is 0 Å². The lowest BCUT2D eigenvalue weighted by molar-refractivity contribution is -0.119. The van der Waals surface area contributed by atoms with Crippen molar-refractivity contribution in [3.05, 3.63) is 52.1 Å². The van der Waals surface area contributed by atoms with E-state index in [4.69, 9.17) is 0 Å². The fourth-order valence-corrected chi connectivity index (χ4v) is 4.14. The van der Waals surface area contributed by atoms with Crippen LogP contribution in [-0.2, 0) is 23.3 Å². The zero-order chi connectivity index (χ0) is 21.6. The van der Waals surface area contributed by atoms with Gasteiger partial charge in [-0.1, -0.05) is 32.0 Å². The van der Waals surface area contributed by atoms with E-state index < -0.39 is 0 Å². The highest BCUT2D eigenvalue weighted by Gasteiger charge is 2.26. The smallest absolute Gasteiger partial charge is 0.293 e. The molecule has 0 radical (unpaired) electrons. The SMILES string of the molecule is CC(C)c1nn(CC(=O)N2CCCc3ccccc32)c(=O)c2c1cnn2C(C)(C)C. The summed E-state index contributed by atoms with van der Waals surface area (Å²) in [5.74, 6) is -0.0181. The number of carbonyl (C=O) groups excluding carboxylic acids is 1. The molecular weight excluding hydrogens is 378 g/mol. The Balaban J connectivity index is 1.79. The van der Waals surface area contributed by atoms with Gasteiger partial charge in [0, 0.05) is 17.6 Å². The average molecular weight is 408 g/mol. The molecule has 0 N–H and O–H groups in total. The average Bonchev–Trinajstić information content (AvgIpc) is 3.15. The van der Waals surface area contributed by atoms with Gasteiger partial charge in [-0.2, -0.15) is 10.2 Å². The zero-order valence-corrected chi connectivity index (χ0v) is 18.3. The second kappa shape index (κ2) is 7.38. The Morgan fingerprint density at radius 3 is 2.63 bits per heavy atom. The van der Waals surface area contributed by atoms with Gasteiger partial charge in [0.25, 0.3) is 5.56 Å². The van der Waals surface area contributed by atoms with Crippen molar-refractivity contribution in [1.29, 1.82) is 0 Å². The summed E-state index contributed by atoms with van der Waals surface area (Å²) in [5, 5.41) is 9.83. The van der Waals surface area contributed by atoms with E-state index in [1.54, 1.807) is 15.8 Å². The lowest BCUT2D eigenvalue weighted by Gasteiger charge is -2.29. The van der Waals surface area contributed by atoms with Crippen molar-refractivity contribution in [2.75, 3.05) is 11.4 Å². The summed E-state index contributed by atoms with van der Waals surface area (Å²) in [6, 6.07) is 7.97. The molecule has 30 heavy (non-hydrogen) atoms. The number of para-hydroxylation sites is 1. The van der Waals surface area contributed by atoms with E-state index in [2.05, 4.69) is 16.3 Å². The van der Waals surface area contributed by atoms with Crippen LogP contribution in [0.2, 0.25) is 0 Å². The first-order chi connectivity index (χ1) is 14.2. The van der Waals surface area contributed by atoms with Gasteiger partial charge in [-0.25, -0.2) is 4.68 Å². The maximum absolute atomic E-state index is 13.4. The molecule has 0 saturated carbocycles. The van der Waals surface area contributed by atoms with Crippen LogP contribution in [0.15, 0.2) is 35.3 Å². The molecule has 0 saturated heterocycles. The fourth-order valence-electron chi connectivity index (χ4n) is 4.14. The molecule has 0 aliphatic carbocycles. The molecule has 7 nitrogen and oxygen atoms in total. The second-order valence-corrected chi connectivity index (χ2v) is 9.27. The van der Waals surface area contributed by atoms with Crippen molar-refractivity contribution in [3.63, 3.8) is 0 Å². The minimum atomic E-state index is -0.357. The first-order valence-electron chi connectivity index (χ1n) is 10.6. The number of nitrogens with zero attached hydrogens (tertiary/aromatic N) is 5. The maximum atomic E-state index is 13.4. The van der Waals surface area contributed by atoms with Crippen LogP contribution in [0.25, 0.3) is 10.9 Å². The Hall–Kier alpha value is -2.96. The molecule has 0 bridgehead atoms. The highest BCUT2D eigenvalue weighted by molar-refractivity contribution is 5.94. The van der Waals surface area contributed by atoms with Crippen molar-refractivity contribution < 1.29 is 4.79 Å². The highest BCUT2D eigenvalue weighted by atomic mass is 16.2. The molecule has 3 heterocycles. The largest absolute Gasteiger partial charge is 0.311 e. The molecular formula is C23H29N5O2. The molecule has 0 fully saturated rings. The number of aryl methyl sites for hydroxylation is 1. The zero-order valence-electron chi connectivity index (χ0n) is 18.3. The topological polar surface area (TPSA) is 73.0 Å². The molecule has 0 atom stereocenters. The van der Waals surface area contributed by atoms with Crippen molar-refractivity contribution in [1.82, 2.24) is 19.6 Å². The van der Waals surface area contributed by atoms with Gasteiger partial charge in [0.15, 0.2) is 0 Å². The predicted octanol–water partition coefficient (Wildman–Crippen LogP) is 3.45. The van der Waals surface area contributed by atoms with E-state index in [1.165, 1.54) is 10.2 Å². The van der Waals surface area contributed by atoms with Crippen LogP contribution in [0.5, 0.6) is 0 Å². The number of benzene rings is 1. The summed E-state index contributed by atoms with van der Waals surface area (Å²) in [6.07, 6.45) is 3.60. The van der Waals surface area contributed by atoms with Gasteiger partial charge in [0.2, 0.25) is 5.91 Å². The molecule has 1 aromatic carbocycles. The van der Waals surface area contributed by atoms with Gasteiger partial charge in [-0.3, -0.25) is 14.3 Å². The molecule has 0 unspecified atom stereocenters. The number of hydrogen-bond acceptors (Lipinski definition) is 4. The van der Waals surface area contributed by atoms with Gasteiger partial charge < -0.3 is 4.90 Å². The van der Waals surface area contributed by atoms with E-state index in [-0.39, 0.29) is 29.5 Å². The van der Waals surface area contributed by atoms with Crippen LogP contribution in [-0.4, -0.2) is 32.0 Å². The Morgan fingerprint density at radius 1 is 1.20 bits per heavy atom. The number of amides is 1. The van der Waals surface area contributed by atoms with Gasteiger partial charge in [0.05, 0.1) is 17.4 Å². The quantitative estimate of drug-likeness (QED) is 0.667. The van der Waals surface area contributed by atoms with E-state index in [0.717, 1.165) is 29.6 Å². The Kier molecular flexibility index (Phi) is 5.00. The van der Waals surface area contributed by atoms with E-state index in [9.17, 15) is 9.59 Å². The van der Waals surface area contributed by atoms with Crippen LogP contribution in [0.4, 0.5) is 5.69 Å². The van der Waals surface area contributed by atoms with Crippen LogP contribution in [0.3, 0.4) is 0 Å². The Labute approximate surface area is 176 Å². The summed E-state index contributed by atoms with van der Waals surface area (Å²) in [7, 11) is 0. The number of hydrogen-bond donors (Lipinski definition) is 0. The lowest BCUT2D eigenvalue weighted by Crippen LogP contribution is -2.41. The van der Waals surface area contributed by atoms with Crippen LogP contribution in [0, 0.1) is 0 Å². The third kappa shape index (κ3) is 3.42. The molecule has 1 aliphatic rings. The highest BCUT2D eigenvalue weighted by Crippen LogP contribution is 2.27. The second-order valence-electron chi connectivity index (χ2n) is 9.27. The molecule has 158 valence electrons. The van der Waals surface area contributed by atoms with Crippen molar-refractivity contribution in [2.24, 2.45) is 0 Å². The number of fused-ring (bicyclic) bond motifs is 2. The van der Waals surface area contributed by atoms with Crippen molar-refractivity contribution >= 4 is 22.5 Å². The number of rotatable bonds is 3. The Morgan fingerprint density at radius 2 is 1.93 bits per heavy atom. The normalized spacial score (nSPS) is 14.4. The molecule has 2 aromatic heterocycles. The van der Waals surface area contributed by atoms with Crippen LogP contribution < -0.4 is 10.5 Å². The monoisotopic (exact) mass is 407 g/mol. The van der Waals surface area contributed by atoms with E-state index in [1.807, 2.05) is 52.8 Å². The number of anilines is 1. The summed E-state index contributed by atoms with van der Waals surface area (Å²) in [5.41, 5.74) is 2.76. The third-order valence-corrected chi connectivity index (χ3v) is 5.59. The predicted molar refractivity (Wildman–Crippen MR) is 118 cm³/mol. The van der Waals surface area contributed by atoms with Crippen LogP contribution in [0.1, 0.15) is 58.2 Å². The van der Waals surface area contributed by atoms with Crippen molar-refractivity contribution in [2.45, 2.75) is 65.5 Å². The minimum Gasteiger partial charge on any atom is -0.311 e. The molecule has 4 rings (SSSR count). The molecule has 3 aromatic rings. The summed E-state index contributed by atoms with van der Waals surface area (Å²) < 4.78 is 3.07. The lowest BCUT2D eigenvalue weighted by atomic mass is 10.0. The first kappa shape index (κ1) is 20.3. The minimum absolute atomic E-state index is 0.0852. The van der Waals surface area contributed by atoms with E-state index in [0.29, 0.717) is 12.1 Å². The fraction of sp³-hybridized carbons (Fsp3) is 0.478. The van der Waals surface area contributed by atoms with Crippen molar-refractivity contribution in [3.8, 4) is 0 Å². The van der Waals surface area contributed by atoms with Gasteiger partial charge in [0.1, 0.15) is 12.1 Å². The first-order valence-corrected chi connectivity index (χ1v) is 10.6. The third-order valence-electron chi connectivity index (χ3n) is 5.59. The standard InChI is InChI=1S/C23H29N5O2/c1-15(2)20-17-13-24-28(23(3,4)5)21(17)22(30)27(25-20)14-19(29)26-12-8-10-16-9-6-7-11-18(16)26/h6-7,9,11,13,15H,8,10,12,14H2,1-5H3. The molecule has 0 spiro atoms. The summed E-state index contributed by atoms with van der Waals surface area (Å²) in [4.78, 5) is 28.4. The molecule has 1 aliphatic heterocycles. The van der Waals surface area contributed by atoms with Gasteiger partial charge >= 0.3 is 0 Å². The number of carbonyl (C=O) groups is 1. The van der Waals surface area contributed by atoms with Crippen LogP contribution >= 0.6 is 0 Å². The maximum Gasteiger partial charge on any atom is 0.293 e. The Bertz CT molecular complexity index is 1170. The summed E-state index contributed by atoms with van der Waals surface area (Å²) in [6.45, 7) is 10.7.